The van der Waals surface area contributed by atoms with Gasteiger partial charge in [-0.3, -0.25) is 0 Å². The Labute approximate surface area is 136 Å². The second-order valence-electron chi connectivity index (χ2n) is 4.38. The molecule has 0 rings (SSSR count). The van der Waals surface area contributed by atoms with Crippen molar-refractivity contribution >= 4 is 23.1 Å². The van der Waals surface area contributed by atoms with E-state index < -0.39 is 0 Å². The van der Waals surface area contributed by atoms with Gasteiger partial charge in [0, 0.05) is 0 Å². The Morgan fingerprint density at radius 2 is 1.24 bits per heavy atom. The first-order chi connectivity index (χ1) is 7.41. The molecule has 0 N–H and O–H groups in total. The van der Waals surface area contributed by atoms with Crippen LogP contribution in [0, 0.1) is 6.92 Å². The molecular weight excluding hydrogens is 284 g/mol. The van der Waals surface area contributed by atoms with E-state index in [9.17, 15) is 0 Å². The van der Waals surface area contributed by atoms with Gasteiger partial charge in [0.25, 0.3) is 0 Å². The number of rotatable bonds is 11. The van der Waals surface area contributed by atoms with Gasteiger partial charge in [0.2, 0.25) is 0 Å². The minimum atomic E-state index is 0. The maximum absolute atomic E-state index is 3.85. The van der Waals surface area contributed by atoms with Crippen molar-refractivity contribution < 1.29 is 17.0 Å². The summed E-state index contributed by atoms with van der Waals surface area (Å²) < 4.78 is 0. The molecule has 0 unspecified atom stereocenters. The molecule has 0 bridgehead atoms. The first-order valence-electron chi connectivity index (χ1n) is 6.86. The Morgan fingerprint density at radius 1 is 0.765 bits per heavy atom. The molecule has 0 radical (unpaired) electrons. The minimum Gasteiger partial charge on any atom is -1.00 e. The molecule has 0 spiro atoms. The van der Waals surface area contributed by atoms with Crippen molar-refractivity contribution in [1.82, 2.24) is 0 Å². The van der Waals surface area contributed by atoms with Gasteiger partial charge in [0.15, 0.2) is 0 Å². The third kappa shape index (κ3) is 22.6. The number of hydrogen-bond acceptors (Lipinski definition) is 0. The Bertz CT molecular complexity index is 135. The van der Waals surface area contributed by atoms with Crippen molar-refractivity contribution in [3.05, 3.63) is 19.1 Å². The van der Waals surface area contributed by atoms with Gasteiger partial charge in [0.1, 0.15) is 0 Å². The van der Waals surface area contributed by atoms with E-state index in [1.165, 1.54) is 64.2 Å². The van der Waals surface area contributed by atoms with Crippen LogP contribution in [0.2, 0.25) is 0 Å². The number of unbranched alkanes of at least 4 members (excludes halogenated alkanes) is 9. The van der Waals surface area contributed by atoms with Crippen LogP contribution in [0.1, 0.15) is 77.6 Å². The first kappa shape index (κ1) is 23.1. The summed E-state index contributed by atoms with van der Waals surface area (Å²) in [6.45, 7) is 6.12. The molecule has 2 heteroatoms. The summed E-state index contributed by atoms with van der Waals surface area (Å²) in [4.78, 5) is 0. The van der Waals surface area contributed by atoms with Gasteiger partial charge in [-0.15, -0.1) is 0 Å². The van der Waals surface area contributed by atoms with Gasteiger partial charge in [-0.1, -0.05) is 57.6 Å². The van der Waals surface area contributed by atoms with E-state index in [0.717, 1.165) is 6.42 Å². The van der Waals surface area contributed by atoms with E-state index in [4.69, 9.17) is 0 Å². The molecule has 0 atom stereocenters. The molecule has 0 aliphatic rings. The van der Waals surface area contributed by atoms with Crippen LogP contribution in [-0.4, -0.2) is 23.1 Å². The van der Waals surface area contributed by atoms with Crippen LogP contribution < -0.4 is 17.0 Å². The van der Waals surface area contributed by atoms with Gasteiger partial charge in [-0.05, 0) is 25.7 Å². The molecule has 98 valence electrons. The molecule has 0 fully saturated rings. The Morgan fingerprint density at radius 3 is 1.71 bits per heavy atom. The average Bonchev–Trinajstić information content (AvgIpc) is 2.26. The van der Waals surface area contributed by atoms with Gasteiger partial charge in [-0.2, -0.15) is 6.42 Å². The van der Waals surface area contributed by atoms with E-state index in [1.54, 1.807) is 0 Å². The summed E-state index contributed by atoms with van der Waals surface area (Å²) in [5.41, 5.74) is 0. The fourth-order valence-electron chi connectivity index (χ4n) is 1.72. The van der Waals surface area contributed by atoms with Crippen molar-refractivity contribution in [1.29, 1.82) is 0 Å². The third-order valence-electron chi connectivity index (χ3n) is 2.76. The zero-order chi connectivity index (χ0) is 11.2. The Balaban J connectivity index is -0.000000980. The van der Waals surface area contributed by atoms with Gasteiger partial charge >= 0.3 is 23.1 Å². The first-order valence-corrected chi connectivity index (χ1v) is 6.86. The summed E-state index contributed by atoms with van der Waals surface area (Å²) in [6, 6.07) is 0. The van der Waals surface area contributed by atoms with E-state index in [2.05, 4.69) is 26.0 Å². The second-order valence-corrected chi connectivity index (χ2v) is 4.38. The van der Waals surface area contributed by atoms with Crippen molar-refractivity contribution in [2.75, 3.05) is 0 Å². The fraction of sp³-hybridized carbons (Fsp3) is 0.800. The molecule has 0 aromatic heterocycles. The van der Waals surface area contributed by atoms with Gasteiger partial charge < -0.3 is 23.9 Å². The quantitative estimate of drug-likeness (QED) is 0.238. The predicted molar refractivity (Wildman–Crippen MR) is 76.7 cm³/mol. The second kappa shape index (κ2) is 22.2. The zero-order valence-electron chi connectivity index (χ0n) is 11.7. The maximum Gasteiger partial charge on any atom is 2.00 e. The van der Waals surface area contributed by atoms with Crippen molar-refractivity contribution in [2.24, 2.45) is 0 Å². The molecule has 17 heavy (non-hydrogen) atoms. The van der Waals surface area contributed by atoms with Crippen LogP contribution in [0.4, 0.5) is 0 Å². The smallest absolute Gasteiger partial charge is 1.00 e. The molecular formula is C15H29BrMg. The topological polar surface area (TPSA) is 0 Å². The van der Waals surface area contributed by atoms with Crippen molar-refractivity contribution in [3.8, 4) is 0 Å². The average molecular weight is 314 g/mol. The molecule has 0 saturated heterocycles. The van der Waals surface area contributed by atoms with Crippen molar-refractivity contribution in [2.45, 2.75) is 77.6 Å². The summed E-state index contributed by atoms with van der Waals surface area (Å²) >= 11 is 0. The van der Waals surface area contributed by atoms with Crippen molar-refractivity contribution in [3.63, 3.8) is 0 Å². The molecule has 0 aromatic rings. The van der Waals surface area contributed by atoms with Crippen LogP contribution >= 0.6 is 0 Å². The normalized spacial score (nSPS) is 10.0. The number of hydrogen-bond donors (Lipinski definition) is 0. The standard InChI is InChI=1S/C15H29.BrH.Mg/c1-3-5-7-9-11-13-15-14-12-10-8-6-4-2;;/h14-15H,1,3-13H2,2H3;1H;/q-1;;+2/p-1/b15-14-;;. The summed E-state index contributed by atoms with van der Waals surface area (Å²) in [5.74, 6) is 0. The summed E-state index contributed by atoms with van der Waals surface area (Å²) in [7, 11) is 0. The molecule has 0 aliphatic heterocycles. The monoisotopic (exact) mass is 312 g/mol. The molecule has 0 saturated carbocycles. The van der Waals surface area contributed by atoms with E-state index in [0.29, 0.717) is 0 Å². The van der Waals surface area contributed by atoms with E-state index in [1.807, 2.05) is 0 Å². The molecule has 0 aliphatic carbocycles. The summed E-state index contributed by atoms with van der Waals surface area (Å²) in [6.07, 6.45) is 19.4. The van der Waals surface area contributed by atoms with Crippen LogP contribution in [0.5, 0.6) is 0 Å². The van der Waals surface area contributed by atoms with Crippen LogP contribution in [-0.2, 0) is 0 Å². The molecule has 0 heterocycles. The van der Waals surface area contributed by atoms with E-state index >= 15 is 0 Å². The zero-order valence-corrected chi connectivity index (χ0v) is 14.7. The van der Waals surface area contributed by atoms with Gasteiger partial charge in [-0.25, -0.2) is 0 Å². The minimum absolute atomic E-state index is 0. The van der Waals surface area contributed by atoms with Crippen LogP contribution in [0.25, 0.3) is 0 Å². The Kier molecular flexibility index (Phi) is 30.2. The predicted octanol–water partition coefficient (Wildman–Crippen LogP) is 2.31. The van der Waals surface area contributed by atoms with E-state index in [-0.39, 0.29) is 40.0 Å². The molecule has 0 amide bonds. The maximum atomic E-state index is 3.85. The number of halogens is 1. The molecule has 0 nitrogen and oxygen atoms in total. The fourth-order valence-corrected chi connectivity index (χ4v) is 1.72. The van der Waals surface area contributed by atoms with Gasteiger partial charge in [0.05, 0.1) is 0 Å². The molecule has 0 aromatic carbocycles. The van der Waals surface area contributed by atoms with Crippen LogP contribution in [0.3, 0.4) is 0 Å². The Hall–Kier alpha value is 0.986. The SMILES string of the molecule is [Br-].[CH2-]CCCCCC/C=C\CCCCCC.[Mg+2]. The summed E-state index contributed by atoms with van der Waals surface area (Å²) in [5, 5.41) is 0. The number of allylic oxidation sites excluding steroid dienone is 2. The largest absolute Gasteiger partial charge is 2.00 e. The van der Waals surface area contributed by atoms with Crippen LogP contribution in [0.15, 0.2) is 12.2 Å². The third-order valence-corrected chi connectivity index (χ3v) is 2.76.